The fourth-order valence-electron chi connectivity index (χ4n) is 1.79. The van der Waals surface area contributed by atoms with Crippen molar-refractivity contribution in [1.29, 1.82) is 0 Å². The molecule has 0 heterocycles. The van der Waals surface area contributed by atoms with Crippen molar-refractivity contribution >= 4 is 21.1 Å². The van der Waals surface area contributed by atoms with E-state index in [1.54, 1.807) is 0 Å². The maximum Gasteiger partial charge on any atom is 0.315 e. The van der Waals surface area contributed by atoms with Crippen molar-refractivity contribution in [1.82, 2.24) is 0 Å². The van der Waals surface area contributed by atoms with Crippen LogP contribution in [0.1, 0.15) is 25.7 Å². The normalized spacial score (nSPS) is 22.5. The van der Waals surface area contributed by atoms with Crippen LogP contribution in [0.4, 0.5) is 0 Å². The quantitative estimate of drug-likeness (QED) is 0.688. The highest BCUT2D eigenvalue weighted by Crippen LogP contribution is 2.16. The van der Waals surface area contributed by atoms with Gasteiger partial charge in [-0.2, -0.15) is 8.42 Å². The van der Waals surface area contributed by atoms with Gasteiger partial charge in [0.15, 0.2) is 0 Å². The smallest absolute Gasteiger partial charge is 0.315 e. The molecule has 1 atom stereocenters. The van der Waals surface area contributed by atoms with Crippen molar-refractivity contribution in [3.8, 4) is 0 Å². The molecule has 0 aromatic heterocycles. The highest BCUT2D eigenvalue weighted by molar-refractivity contribution is 7.73. The molecule has 1 fully saturated rings. The van der Waals surface area contributed by atoms with E-state index in [9.17, 15) is 13.2 Å². The zero-order valence-corrected chi connectivity index (χ0v) is 10.6. The summed E-state index contributed by atoms with van der Waals surface area (Å²) in [7, 11) is -2.45. The summed E-state index contributed by atoms with van der Waals surface area (Å²) in [6.45, 7) is 0. The lowest BCUT2D eigenvalue weighted by Gasteiger charge is -2.06. The third-order valence-corrected chi connectivity index (χ3v) is 3.54. The Labute approximate surface area is 107 Å². The first kappa shape index (κ1) is 14.7. The zero-order chi connectivity index (χ0) is 13.5. The molecule has 2 rings (SSSR count). The lowest BCUT2D eigenvalue weighted by Crippen LogP contribution is -2.22. The average Bonchev–Trinajstić information content (AvgIpc) is 2.81. The number of carboxylic acids is 1. The van der Waals surface area contributed by atoms with E-state index in [0.717, 1.165) is 12.8 Å². The van der Waals surface area contributed by atoms with Gasteiger partial charge < -0.3 is 10.2 Å². The molecule has 1 saturated carbocycles. The number of aliphatic hydroxyl groups is 1. The van der Waals surface area contributed by atoms with Crippen LogP contribution in [0, 0.1) is 5.92 Å². The van der Waals surface area contributed by atoms with Gasteiger partial charge in [0.2, 0.25) is 10.3 Å². The fourth-order valence-corrected chi connectivity index (χ4v) is 2.37. The second-order valence-corrected chi connectivity index (χ2v) is 5.08. The van der Waals surface area contributed by atoms with E-state index in [4.69, 9.17) is 10.2 Å². The minimum absolute atomic E-state index is 0.0463. The molecule has 0 radical (unpaired) electrons. The van der Waals surface area contributed by atoms with Crippen molar-refractivity contribution in [3.63, 3.8) is 0 Å². The Morgan fingerprint density at radius 1 is 1.22 bits per heavy atom. The number of hydrogen-bond donors (Lipinski definition) is 2. The standard InChI is InChI=1S/C7H6O4S.C5H10O/c8-7(9)5-3-1-2-4-6(5)12(10)11;6-5-3-1-2-4-5/h1-5H,(H,8,9);5-6H,1-4H2. The van der Waals surface area contributed by atoms with Gasteiger partial charge in [0.25, 0.3) is 0 Å². The molecular weight excluding hydrogens is 256 g/mol. The summed E-state index contributed by atoms with van der Waals surface area (Å²) >= 11 is 0. The van der Waals surface area contributed by atoms with Gasteiger partial charge >= 0.3 is 5.97 Å². The number of aliphatic carboxylic acids is 1. The van der Waals surface area contributed by atoms with Crippen molar-refractivity contribution in [2.45, 2.75) is 31.8 Å². The number of carbonyl (C=O) groups is 1. The van der Waals surface area contributed by atoms with E-state index in [1.165, 1.54) is 37.1 Å². The van der Waals surface area contributed by atoms with E-state index in [-0.39, 0.29) is 11.0 Å². The first-order chi connectivity index (χ1) is 8.52. The lowest BCUT2D eigenvalue weighted by atomic mass is 10.0. The summed E-state index contributed by atoms with van der Waals surface area (Å²) in [5.41, 5.74) is 0. The average molecular weight is 272 g/mol. The van der Waals surface area contributed by atoms with Crippen LogP contribution in [0.5, 0.6) is 0 Å². The minimum Gasteiger partial charge on any atom is -0.481 e. The summed E-state index contributed by atoms with van der Waals surface area (Å²) in [4.78, 5) is 10.4. The SMILES string of the molecule is O=C(O)C1C=CC=CC1=S(=O)=O.OC1CCCC1. The molecule has 0 amide bonds. The second kappa shape index (κ2) is 7.13. The van der Waals surface area contributed by atoms with Crippen LogP contribution in [0.25, 0.3) is 0 Å². The monoisotopic (exact) mass is 272 g/mol. The first-order valence-electron chi connectivity index (χ1n) is 5.74. The summed E-state index contributed by atoms with van der Waals surface area (Å²) in [5.74, 6) is -2.19. The van der Waals surface area contributed by atoms with Gasteiger partial charge in [0.1, 0.15) is 5.92 Å². The van der Waals surface area contributed by atoms with Gasteiger partial charge in [0.05, 0.1) is 11.0 Å². The molecule has 5 nitrogen and oxygen atoms in total. The van der Waals surface area contributed by atoms with Gasteiger partial charge in [-0.25, -0.2) is 0 Å². The fraction of sp³-hybridized carbons (Fsp3) is 0.500. The van der Waals surface area contributed by atoms with Crippen molar-refractivity contribution in [3.05, 3.63) is 24.3 Å². The first-order valence-corrected chi connectivity index (χ1v) is 6.81. The molecule has 0 spiro atoms. The van der Waals surface area contributed by atoms with Crippen LogP contribution in [-0.2, 0) is 15.1 Å². The molecule has 2 N–H and O–H groups in total. The van der Waals surface area contributed by atoms with Gasteiger partial charge in [-0.3, -0.25) is 4.79 Å². The Hall–Kier alpha value is -1.40. The molecule has 0 aromatic rings. The lowest BCUT2D eigenvalue weighted by molar-refractivity contribution is -0.137. The topological polar surface area (TPSA) is 91.7 Å². The van der Waals surface area contributed by atoms with Crippen molar-refractivity contribution in [2.24, 2.45) is 5.92 Å². The summed E-state index contributed by atoms with van der Waals surface area (Å²) in [6.07, 6.45) is 10.2. The zero-order valence-electron chi connectivity index (χ0n) is 9.82. The molecule has 2 aliphatic rings. The van der Waals surface area contributed by atoms with E-state index < -0.39 is 22.2 Å². The predicted octanol–water partition coefficient (Wildman–Crippen LogP) is 0.786. The Bertz CT molecular complexity index is 473. The number of carboxylic acid groups (broad SMARTS) is 1. The third kappa shape index (κ3) is 4.46. The highest BCUT2D eigenvalue weighted by atomic mass is 32.2. The number of allylic oxidation sites excluding steroid dienone is 3. The van der Waals surface area contributed by atoms with E-state index >= 15 is 0 Å². The molecule has 0 saturated heterocycles. The molecular formula is C12H16O5S. The molecule has 0 aliphatic heterocycles. The van der Waals surface area contributed by atoms with Gasteiger partial charge in [-0.1, -0.05) is 31.1 Å². The molecule has 1 unspecified atom stereocenters. The molecule has 2 aliphatic carbocycles. The minimum atomic E-state index is -2.45. The summed E-state index contributed by atoms with van der Waals surface area (Å²) in [5, 5.41) is 17.3. The maximum atomic E-state index is 10.5. The van der Waals surface area contributed by atoms with Crippen LogP contribution in [0.3, 0.4) is 0 Å². The van der Waals surface area contributed by atoms with Crippen LogP contribution in [0.15, 0.2) is 24.3 Å². The Morgan fingerprint density at radius 2 is 1.83 bits per heavy atom. The van der Waals surface area contributed by atoms with Crippen LogP contribution in [-0.4, -0.2) is 35.6 Å². The Morgan fingerprint density at radius 3 is 2.17 bits per heavy atom. The van der Waals surface area contributed by atoms with Crippen molar-refractivity contribution < 1.29 is 23.4 Å². The van der Waals surface area contributed by atoms with Gasteiger partial charge in [-0.15, -0.1) is 0 Å². The number of hydrogen-bond acceptors (Lipinski definition) is 4. The van der Waals surface area contributed by atoms with Crippen LogP contribution < -0.4 is 0 Å². The highest BCUT2D eigenvalue weighted by Gasteiger charge is 2.21. The largest absolute Gasteiger partial charge is 0.481 e. The van der Waals surface area contributed by atoms with E-state index in [1.807, 2.05) is 0 Å². The molecule has 18 heavy (non-hydrogen) atoms. The van der Waals surface area contributed by atoms with Crippen molar-refractivity contribution in [2.75, 3.05) is 0 Å². The maximum absolute atomic E-state index is 10.5. The van der Waals surface area contributed by atoms with Gasteiger partial charge in [-0.05, 0) is 18.9 Å². The van der Waals surface area contributed by atoms with Gasteiger partial charge in [0, 0.05) is 0 Å². The Kier molecular flexibility index (Phi) is 5.80. The third-order valence-electron chi connectivity index (χ3n) is 2.76. The van der Waals surface area contributed by atoms with Crippen LogP contribution in [0.2, 0.25) is 0 Å². The second-order valence-electron chi connectivity index (χ2n) is 4.14. The van der Waals surface area contributed by atoms with E-state index in [2.05, 4.69) is 0 Å². The molecule has 0 aromatic carbocycles. The number of rotatable bonds is 1. The van der Waals surface area contributed by atoms with E-state index in [0.29, 0.717) is 0 Å². The number of aliphatic hydroxyl groups excluding tert-OH is 1. The van der Waals surface area contributed by atoms with Crippen LogP contribution >= 0.6 is 0 Å². The predicted molar refractivity (Wildman–Crippen MR) is 67.8 cm³/mol. The molecule has 100 valence electrons. The molecule has 0 bridgehead atoms. The summed E-state index contributed by atoms with van der Waals surface area (Å²) < 4.78 is 21.0. The molecule has 6 heteroatoms. The summed E-state index contributed by atoms with van der Waals surface area (Å²) in [6, 6.07) is 0. The Balaban J connectivity index is 0.000000225.